The summed E-state index contributed by atoms with van der Waals surface area (Å²) < 4.78 is 0. The fraction of sp³-hybridized carbons (Fsp3) is 0.609. The molecule has 29 heavy (non-hydrogen) atoms. The molecular formula is C23H35N3O3. The molecule has 3 amide bonds. The first kappa shape index (κ1) is 22.9. The van der Waals surface area contributed by atoms with Gasteiger partial charge in [0.25, 0.3) is 0 Å². The minimum Gasteiger partial charge on any atom is -0.343 e. The minimum absolute atomic E-state index is 0.0757. The van der Waals surface area contributed by atoms with E-state index in [-0.39, 0.29) is 17.7 Å². The van der Waals surface area contributed by atoms with Crippen molar-refractivity contribution >= 4 is 17.7 Å². The number of hydrogen-bond donors (Lipinski definition) is 0. The number of carbonyl (C=O) groups excluding carboxylic acids is 3. The minimum atomic E-state index is -0.585. The number of benzene rings is 1. The third kappa shape index (κ3) is 5.81. The predicted octanol–water partition coefficient (Wildman–Crippen LogP) is 2.67. The summed E-state index contributed by atoms with van der Waals surface area (Å²) in [5, 5.41) is 0. The highest BCUT2D eigenvalue weighted by Gasteiger charge is 2.35. The van der Waals surface area contributed by atoms with Crippen LogP contribution in [0.15, 0.2) is 30.3 Å². The lowest BCUT2D eigenvalue weighted by molar-refractivity contribution is -0.142. The van der Waals surface area contributed by atoms with E-state index in [0.717, 1.165) is 5.56 Å². The van der Waals surface area contributed by atoms with Crippen molar-refractivity contribution in [2.24, 2.45) is 0 Å². The Kier molecular flexibility index (Phi) is 8.23. The normalized spacial score (nSPS) is 14.6. The summed E-state index contributed by atoms with van der Waals surface area (Å²) in [6.45, 7) is 11.5. The lowest BCUT2D eigenvalue weighted by Gasteiger charge is -2.39. The second kappa shape index (κ2) is 10.4. The zero-order valence-corrected chi connectivity index (χ0v) is 18.3. The first-order chi connectivity index (χ1) is 13.8. The van der Waals surface area contributed by atoms with Gasteiger partial charge in [-0.25, -0.2) is 0 Å². The van der Waals surface area contributed by atoms with Crippen LogP contribution in [0.5, 0.6) is 0 Å². The molecule has 0 radical (unpaired) electrons. The highest BCUT2D eigenvalue weighted by atomic mass is 16.2. The molecule has 1 aromatic carbocycles. The van der Waals surface area contributed by atoms with Crippen molar-refractivity contribution in [3.63, 3.8) is 0 Å². The number of amides is 3. The van der Waals surface area contributed by atoms with E-state index in [0.29, 0.717) is 58.5 Å². The summed E-state index contributed by atoms with van der Waals surface area (Å²) in [5.41, 5.74) is 0.416. The van der Waals surface area contributed by atoms with E-state index < -0.39 is 5.41 Å². The van der Waals surface area contributed by atoms with Crippen LogP contribution in [-0.4, -0.2) is 71.7 Å². The molecule has 1 aliphatic rings. The van der Waals surface area contributed by atoms with Crippen molar-refractivity contribution in [3.8, 4) is 0 Å². The third-order valence-electron chi connectivity index (χ3n) is 5.85. The Morgan fingerprint density at radius 1 is 0.897 bits per heavy atom. The lowest BCUT2D eigenvalue weighted by Crippen LogP contribution is -2.54. The summed E-state index contributed by atoms with van der Waals surface area (Å²) >= 11 is 0. The van der Waals surface area contributed by atoms with Crippen molar-refractivity contribution in [1.29, 1.82) is 0 Å². The van der Waals surface area contributed by atoms with Crippen molar-refractivity contribution in [2.45, 2.75) is 52.4 Å². The summed E-state index contributed by atoms with van der Waals surface area (Å²) in [6.07, 6.45) is 1.38. The van der Waals surface area contributed by atoms with E-state index in [4.69, 9.17) is 0 Å². The van der Waals surface area contributed by atoms with Crippen LogP contribution >= 0.6 is 0 Å². The summed E-state index contributed by atoms with van der Waals surface area (Å²) in [7, 11) is 0. The van der Waals surface area contributed by atoms with Gasteiger partial charge in [0.2, 0.25) is 17.7 Å². The molecule has 0 aliphatic carbocycles. The molecule has 0 spiro atoms. The van der Waals surface area contributed by atoms with Crippen LogP contribution in [-0.2, 0) is 19.8 Å². The molecule has 6 nitrogen and oxygen atoms in total. The van der Waals surface area contributed by atoms with Gasteiger partial charge in [0, 0.05) is 52.1 Å². The first-order valence-corrected chi connectivity index (χ1v) is 10.7. The predicted molar refractivity (Wildman–Crippen MR) is 114 cm³/mol. The van der Waals surface area contributed by atoms with Crippen LogP contribution < -0.4 is 0 Å². The summed E-state index contributed by atoms with van der Waals surface area (Å²) in [6, 6.07) is 9.82. The monoisotopic (exact) mass is 401 g/mol. The van der Waals surface area contributed by atoms with E-state index in [1.165, 1.54) is 0 Å². The topological polar surface area (TPSA) is 60.9 Å². The van der Waals surface area contributed by atoms with Gasteiger partial charge in [-0.2, -0.15) is 0 Å². The standard InChI is InChI=1S/C23H35N3O3/c1-5-24(6-2)20(27)13-10-14-21(28)25-15-17-26(18-16-25)22(29)23(3,4)19-11-8-7-9-12-19/h7-9,11-12H,5-6,10,13-18H2,1-4H3. The number of nitrogens with zero attached hydrogens (tertiary/aromatic N) is 3. The number of rotatable bonds is 8. The molecule has 0 unspecified atom stereocenters. The number of piperazine rings is 1. The molecule has 1 fully saturated rings. The van der Waals surface area contributed by atoms with Crippen molar-refractivity contribution in [2.75, 3.05) is 39.3 Å². The molecular weight excluding hydrogens is 366 g/mol. The number of carbonyl (C=O) groups is 3. The Hall–Kier alpha value is -2.37. The van der Waals surface area contributed by atoms with Crippen LogP contribution in [0.3, 0.4) is 0 Å². The van der Waals surface area contributed by atoms with Gasteiger partial charge in [-0.15, -0.1) is 0 Å². The van der Waals surface area contributed by atoms with E-state index in [1.54, 1.807) is 4.90 Å². The molecule has 6 heteroatoms. The van der Waals surface area contributed by atoms with Gasteiger partial charge in [0.1, 0.15) is 0 Å². The lowest BCUT2D eigenvalue weighted by atomic mass is 9.83. The van der Waals surface area contributed by atoms with E-state index in [1.807, 2.05) is 67.8 Å². The van der Waals surface area contributed by atoms with E-state index in [2.05, 4.69) is 0 Å². The van der Waals surface area contributed by atoms with E-state index >= 15 is 0 Å². The van der Waals surface area contributed by atoms with Gasteiger partial charge < -0.3 is 14.7 Å². The zero-order chi connectivity index (χ0) is 21.4. The summed E-state index contributed by atoms with van der Waals surface area (Å²) in [4.78, 5) is 43.1. The van der Waals surface area contributed by atoms with E-state index in [9.17, 15) is 14.4 Å². The Bertz CT molecular complexity index is 691. The molecule has 0 atom stereocenters. The molecule has 0 bridgehead atoms. The Labute approximate surface area is 174 Å². The Morgan fingerprint density at radius 2 is 1.45 bits per heavy atom. The van der Waals surface area contributed by atoms with Crippen LogP contribution in [0.1, 0.15) is 52.5 Å². The maximum absolute atomic E-state index is 13.0. The largest absolute Gasteiger partial charge is 0.343 e. The molecule has 1 heterocycles. The van der Waals surface area contributed by atoms with Gasteiger partial charge >= 0.3 is 0 Å². The molecule has 2 rings (SSSR count). The highest BCUT2D eigenvalue weighted by molar-refractivity contribution is 5.87. The summed E-state index contributed by atoms with van der Waals surface area (Å²) in [5.74, 6) is 0.286. The highest BCUT2D eigenvalue weighted by Crippen LogP contribution is 2.26. The Morgan fingerprint density at radius 3 is 2.00 bits per heavy atom. The number of hydrogen-bond acceptors (Lipinski definition) is 3. The van der Waals surface area contributed by atoms with Gasteiger partial charge in [-0.1, -0.05) is 30.3 Å². The van der Waals surface area contributed by atoms with Gasteiger partial charge in [-0.3, -0.25) is 14.4 Å². The average molecular weight is 402 g/mol. The quantitative estimate of drug-likeness (QED) is 0.673. The van der Waals surface area contributed by atoms with Crippen molar-refractivity contribution in [1.82, 2.24) is 14.7 Å². The molecule has 1 aromatic rings. The van der Waals surface area contributed by atoms with Crippen molar-refractivity contribution in [3.05, 3.63) is 35.9 Å². The molecule has 0 saturated carbocycles. The van der Waals surface area contributed by atoms with Crippen molar-refractivity contribution < 1.29 is 14.4 Å². The fourth-order valence-corrected chi connectivity index (χ4v) is 3.82. The van der Waals surface area contributed by atoms with Crippen LogP contribution in [0.2, 0.25) is 0 Å². The van der Waals surface area contributed by atoms with Gasteiger partial charge in [0.15, 0.2) is 0 Å². The van der Waals surface area contributed by atoms with Crippen LogP contribution in [0, 0.1) is 0 Å². The SMILES string of the molecule is CCN(CC)C(=O)CCCC(=O)N1CCN(C(=O)C(C)(C)c2ccccc2)CC1. The molecule has 1 saturated heterocycles. The Balaban J connectivity index is 1.80. The molecule has 0 aromatic heterocycles. The third-order valence-corrected chi connectivity index (χ3v) is 5.85. The maximum atomic E-state index is 13.0. The second-order valence-electron chi connectivity index (χ2n) is 8.08. The first-order valence-electron chi connectivity index (χ1n) is 10.7. The van der Waals surface area contributed by atoms with Gasteiger partial charge in [-0.05, 0) is 39.7 Å². The second-order valence-corrected chi connectivity index (χ2v) is 8.08. The molecule has 160 valence electrons. The average Bonchev–Trinajstić information content (AvgIpc) is 2.74. The smallest absolute Gasteiger partial charge is 0.232 e. The molecule has 1 aliphatic heterocycles. The molecule has 0 N–H and O–H groups in total. The zero-order valence-electron chi connectivity index (χ0n) is 18.3. The van der Waals surface area contributed by atoms with Gasteiger partial charge in [0.05, 0.1) is 5.41 Å². The van der Waals surface area contributed by atoms with Crippen LogP contribution in [0.25, 0.3) is 0 Å². The fourth-order valence-electron chi connectivity index (χ4n) is 3.82. The van der Waals surface area contributed by atoms with Crippen LogP contribution in [0.4, 0.5) is 0 Å². The maximum Gasteiger partial charge on any atom is 0.232 e.